The Morgan fingerprint density at radius 2 is 1.89 bits per heavy atom. The van der Waals surface area contributed by atoms with Crippen molar-refractivity contribution >= 4 is 0 Å². The summed E-state index contributed by atoms with van der Waals surface area (Å²) in [5.41, 5.74) is 7.71. The summed E-state index contributed by atoms with van der Waals surface area (Å²) in [5, 5.41) is 4.33. The molecular weight excluding hydrogens is 234 g/mol. The molecular formula is C16H29N3. The standard InChI is InChI=1S/C16H29N3/c1-4-19-11-13(10-18-19)9-16(17)15-7-5-14(6-8-15)12(2)3/h10-12,14-16H,4-9,17H2,1-3H3. The molecule has 0 spiro atoms. The molecule has 0 bridgehead atoms. The molecule has 1 aromatic rings. The highest BCUT2D eigenvalue weighted by atomic mass is 15.3. The Morgan fingerprint density at radius 1 is 1.26 bits per heavy atom. The van der Waals surface area contributed by atoms with Crippen LogP contribution < -0.4 is 5.73 Å². The first-order valence-corrected chi connectivity index (χ1v) is 7.87. The first-order valence-electron chi connectivity index (χ1n) is 7.87. The molecule has 0 aromatic carbocycles. The molecule has 1 heterocycles. The monoisotopic (exact) mass is 263 g/mol. The number of hydrogen-bond donors (Lipinski definition) is 1. The van der Waals surface area contributed by atoms with Crippen LogP contribution in [0, 0.1) is 17.8 Å². The number of nitrogens with two attached hydrogens (primary N) is 1. The van der Waals surface area contributed by atoms with Gasteiger partial charge in [0.1, 0.15) is 0 Å². The van der Waals surface area contributed by atoms with Crippen molar-refractivity contribution in [3.63, 3.8) is 0 Å². The van der Waals surface area contributed by atoms with Crippen molar-refractivity contribution in [3.05, 3.63) is 18.0 Å². The zero-order chi connectivity index (χ0) is 13.8. The Kier molecular flexibility index (Phi) is 5.03. The van der Waals surface area contributed by atoms with E-state index in [4.69, 9.17) is 5.73 Å². The highest BCUT2D eigenvalue weighted by molar-refractivity contribution is 5.06. The zero-order valence-corrected chi connectivity index (χ0v) is 12.7. The molecule has 1 aliphatic carbocycles. The number of nitrogens with zero attached hydrogens (tertiary/aromatic N) is 2. The van der Waals surface area contributed by atoms with Crippen molar-refractivity contribution < 1.29 is 0 Å². The van der Waals surface area contributed by atoms with E-state index >= 15 is 0 Å². The highest BCUT2D eigenvalue weighted by Crippen LogP contribution is 2.34. The molecule has 1 unspecified atom stereocenters. The van der Waals surface area contributed by atoms with Gasteiger partial charge in [-0.1, -0.05) is 13.8 Å². The van der Waals surface area contributed by atoms with Crippen molar-refractivity contribution in [1.82, 2.24) is 9.78 Å². The summed E-state index contributed by atoms with van der Waals surface area (Å²) >= 11 is 0. The fourth-order valence-electron chi connectivity index (χ4n) is 3.36. The van der Waals surface area contributed by atoms with Gasteiger partial charge in [0.05, 0.1) is 6.20 Å². The lowest BCUT2D eigenvalue weighted by Gasteiger charge is -2.33. The molecule has 0 aliphatic heterocycles. The summed E-state index contributed by atoms with van der Waals surface area (Å²) in [7, 11) is 0. The van der Waals surface area contributed by atoms with Crippen molar-refractivity contribution in [2.24, 2.45) is 23.5 Å². The van der Waals surface area contributed by atoms with Crippen molar-refractivity contribution in [3.8, 4) is 0 Å². The highest BCUT2D eigenvalue weighted by Gasteiger charge is 2.27. The van der Waals surface area contributed by atoms with Crippen LogP contribution in [0.5, 0.6) is 0 Å². The molecule has 2 rings (SSSR count). The van der Waals surface area contributed by atoms with E-state index in [1.54, 1.807) is 0 Å². The van der Waals surface area contributed by atoms with E-state index in [9.17, 15) is 0 Å². The van der Waals surface area contributed by atoms with Gasteiger partial charge in [0, 0.05) is 18.8 Å². The van der Waals surface area contributed by atoms with Gasteiger partial charge in [-0.05, 0) is 62.3 Å². The first-order chi connectivity index (χ1) is 9.10. The van der Waals surface area contributed by atoms with Crippen LogP contribution in [-0.2, 0) is 13.0 Å². The molecule has 2 N–H and O–H groups in total. The van der Waals surface area contributed by atoms with Gasteiger partial charge in [0.15, 0.2) is 0 Å². The van der Waals surface area contributed by atoms with E-state index in [-0.39, 0.29) is 0 Å². The number of rotatable bonds is 5. The zero-order valence-electron chi connectivity index (χ0n) is 12.7. The molecule has 1 fully saturated rings. The van der Waals surface area contributed by atoms with E-state index in [1.165, 1.54) is 31.2 Å². The summed E-state index contributed by atoms with van der Waals surface area (Å²) in [5.74, 6) is 2.46. The average molecular weight is 263 g/mol. The van der Waals surface area contributed by atoms with Crippen LogP contribution in [0.15, 0.2) is 12.4 Å². The van der Waals surface area contributed by atoms with Crippen molar-refractivity contribution in [2.75, 3.05) is 0 Å². The van der Waals surface area contributed by atoms with E-state index in [0.717, 1.165) is 24.8 Å². The van der Waals surface area contributed by atoms with Crippen LogP contribution in [0.1, 0.15) is 52.0 Å². The van der Waals surface area contributed by atoms with E-state index in [0.29, 0.717) is 12.0 Å². The van der Waals surface area contributed by atoms with Gasteiger partial charge in [-0.2, -0.15) is 5.10 Å². The van der Waals surface area contributed by atoms with Gasteiger partial charge in [0.2, 0.25) is 0 Å². The molecule has 1 aromatic heterocycles. The Bertz CT molecular complexity index is 375. The lowest BCUT2D eigenvalue weighted by molar-refractivity contribution is 0.202. The van der Waals surface area contributed by atoms with Gasteiger partial charge in [-0.3, -0.25) is 4.68 Å². The molecule has 108 valence electrons. The summed E-state index contributed by atoms with van der Waals surface area (Å²) in [6, 6.07) is 0.308. The topological polar surface area (TPSA) is 43.8 Å². The number of aromatic nitrogens is 2. The summed E-state index contributed by atoms with van der Waals surface area (Å²) < 4.78 is 1.98. The quantitative estimate of drug-likeness (QED) is 0.886. The molecule has 0 amide bonds. The minimum Gasteiger partial charge on any atom is -0.327 e. The Hall–Kier alpha value is -0.830. The molecule has 1 saturated carbocycles. The molecule has 3 nitrogen and oxygen atoms in total. The minimum absolute atomic E-state index is 0.308. The van der Waals surface area contributed by atoms with Gasteiger partial charge >= 0.3 is 0 Å². The molecule has 1 aliphatic rings. The van der Waals surface area contributed by atoms with Crippen LogP contribution in [-0.4, -0.2) is 15.8 Å². The second kappa shape index (κ2) is 6.56. The maximum atomic E-state index is 6.42. The number of aryl methyl sites for hydroxylation is 1. The molecule has 0 radical (unpaired) electrons. The molecule has 1 atom stereocenters. The maximum Gasteiger partial charge on any atom is 0.0522 e. The molecule has 3 heteroatoms. The van der Waals surface area contributed by atoms with Crippen molar-refractivity contribution in [2.45, 2.75) is 65.5 Å². The van der Waals surface area contributed by atoms with Gasteiger partial charge in [0.25, 0.3) is 0 Å². The predicted molar refractivity (Wildman–Crippen MR) is 79.9 cm³/mol. The summed E-state index contributed by atoms with van der Waals surface area (Å²) in [6.45, 7) is 7.76. The maximum absolute atomic E-state index is 6.42. The van der Waals surface area contributed by atoms with Gasteiger partial charge in [-0.15, -0.1) is 0 Å². The fourth-order valence-corrected chi connectivity index (χ4v) is 3.36. The lowest BCUT2D eigenvalue weighted by atomic mass is 9.74. The van der Waals surface area contributed by atoms with Crippen LogP contribution >= 0.6 is 0 Å². The third-order valence-corrected chi connectivity index (χ3v) is 4.85. The Balaban J connectivity index is 1.82. The van der Waals surface area contributed by atoms with Crippen LogP contribution in [0.2, 0.25) is 0 Å². The second-order valence-corrected chi connectivity index (χ2v) is 6.49. The minimum atomic E-state index is 0.308. The van der Waals surface area contributed by atoms with Gasteiger partial charge < -0.3 is 5.73 Å². The van der Waals surface area contributed by atoms with E-state index in [2.05, 4.69) is 32.1 Å². The third kappa shape index (κ3) is 3.82. The molecule has 19 heavy (non-hydrogen) atoms. The van der Waals surface area contributed by atoms with E-state index in [1.807, 2.05) is 10.9 Å². The van der Waals surface area contributed by atoms with Crippen LogP contribution in [0.4, 0.5) is 0 Å². The first kappa shape index (κ1) is 14.6. The average Bonchev–Trinajstić information content (AvgIpc) is 2.86. The summed E-state index contributed by atoms with van der Waals surface area (Å²) in [6.07, 6.45) is 10.5. The van der Waals surface area contributed by atoms with Crippen LogP contribution in [0.25, 0.3) is 0 Å². The fraction of sp³-hybridized carbons (Fsp3) is 0.812. The Morgan fingerprint density at radius 3 is 2.42 bits per heavy atom. The largest absolute Gasteiger partial charge is 0.327 e. The van der Waals surface area contributed by atoms with Crippen molar-refractivity contribution in [1.29, 1.82) is 0 Å². The summed E-state index contributed by atoms with van der Waals surface area (Å²) in [4.78, 5) is 0. The van der Waals surface area contributed by atoms with Gasteiger partial charge in [-0.25, -0.2) is 0 Å². The third-order valence-electron chi connectivity index (χ3n) is 4.85. The lowest BCUT2D eigenvalue weighted by Crippen LogP contribution is -2.35. The smallest absolute Gasteiger partial charge is 0.0522 e. The van der Waals surface area contributed by atoms with Crippen LogP contribution in [0.3, 0.4) is 0 Å². The predicted octanol–water partition coefficient (Wildman–Crippen LogP) is 3.24. The number of hydrogen-bond acceptors (Lipinski definition) is 2. The second-order valence-electron chi connectivity index (χ2n) is 6.49. The van der Waals surface area contributed by atoms with E-state index < -0.39 is 0 Å². The normalized spacial score (nSPS) is 25.7. The SMILES string of the molecule is CCn1cc(CC(N)C2CCC(C(C)C)CC2)cn1. The Labute approximate surface area is 117 Å². The molecule has 0 saturated heterocycles.